The van der Waals surface area contributed by atoms with Gasteiger partial charge in [0.25, 0.3) is 0 Å². The van der Waals surface area contributed by atoms with Crippen LogP contribution in [0.3, 0.4) is 0 Å². The second-order valence-corrected chi connectivity index (χ2v) is 4.35. The van der Waals surface area contributed by atoms with Crippen molar-refractivity contribution in [2.75, 3.05) is 5.32 Å². The molecule has 1 atom stereocenters. The van der Waals surface area contributed by atoms with E-state index in [1.165, 1.54) is 12.1 Å². The standard InChI is InChI=1S/C14H13FN4/c1-10(11-2-4-12(15)5-3-11)18-14-13-6-7-17-19(13)9-8-16-14/h2-10H,1H3,(H,16,18). The highest BCUT2D eigenvalue weighted by atomic mass is 19.1. The van der Waals surface area contributed by atoms with Crippen molar-refractivity contribution < 1.29 is 4.39 Å². The molecule has 0 bridgehead atoms. The van der Waals surface area contributed by atoms with Crippen LogP contribution in [-0.2, 0) is 0 Å². The van der Waals surface area contributed by atoms with Crippen LogP contribution in [0, 0.1) is 5.82 Å². The highest BCUT2D eigenvalue weighted by Gasteiger charge is 2.09. The van der Waals surface area contributed by atoms with Gasteiger partial charge in [0, 0.05) is 12.4 Å². The van der Waals surface area contributed by atoms with Crippen LogP contribution >= 0.6 is 0 Å². The SMILES string of the molecule is CC(Nc1nccn2nccc12)c1ccc(F)cc1. The molecule has 1 unspecified atom stereocenters. The van der Waals surface area contributed by atoms with Crippen molar-refractivity contribution in [2.45, 2.75) is 13.0 Å². The number of rotatable bonds is 3. The van der Waals surface area contributed by atoms with Crippen LogP contribution in [0.1, 0.15) is 18.5 Å². The minimum Gasteiger partial charge on any atom is -0.362 e. The number of hydrogen-bond donors (Lipinski definition) is 1. The van der Waals surface area contributed by atoms with Gasteiger partial charge in [-0.1, -0.05) is 12.1 Å². The average Bonchev–Trinajstić information content (AvgIpc) is 2.89. The second kappa shape index (κ2) is 4.68. The molecule has 2 aromatic heterocycles. The van der Waals surface area contributed by atoms with Gasteiger partial charge in [-0.25, -0.2) is 13.9 Å². The third-order valence-corrected chi connectivity index (χ3v) is 3.05. The van der Waals surface area contributed by atoms with Crippen molar-refractivity contribution in [1.29, 1.82) is 0 Å². The summed E-state index contributed by atoms with van der Waals surface area (Å²) in [5.41, 5.74) is 1.92. The molecule has 0 aliphatic carbocycles. The number of hydrogen-bond acceptors (Lipinski definition) is 3. The second-order valence-electron chi connectivity index (χ2n) is 4.35. The summed E-state index contributed by atoms with van der Waals surface area (Å²) >= 11 is 0. The fraction of sp³-hybridized carbons (Fsp3) is 0.143. The summed E-state index contributed by atoms with van der Waals surface area (Å²) in [5, 5.41) is 7.47. The van der Waals surface area contributed by atoms with Crippen LogP contribution in [-0.4, -0.2) is 14.6 Å². The Balaban J connectivity index is 1.88. The van der Waals surface area contributed by atoms with Crippen molar-refractivity contribution in [3.05, 3.63) is 60.3 Å². The zero-order valence-corrected chi connectivity index (χ0v) is 10.4. The molecular weight excluding hydrogens is 243 g/mol. The molecule has 0 radical (unpaired) electrons. The first kappa shape index (κ1) is 11.6. The maximum Gasteiger partial charge on any atom is 0.152 e. The molecule has 0 amide bonds. The molecule has 0 aliphatic rings. The van der Waals surface area contributed by atoms with E-state index >= 15 is 0 Å². The van der Waals surface area contributed by atoms with Crippen LogP contribution in [0.25, 0.3) is 5.52 Å². The predicted molar refractivity (Wildman–Crippen MR) is 71.4 cm³/mol. The Morgan fingerprint density at radius 3 is 2.74 bits per heavy atom. The lowest BCUT2D eigenvalue weighted by atomic mass is 10.1. The van der Waals surface area contributed by atoms with Gasteiger partial charge in [0.05, 0.1) is 12.2 Å². The van der Waals surface area contributed by atoms with E-state index in [1.54, 1.807) is 35.2 Å². The van der Waals surface area contributed by atoms with Crippen LogP contribution in [0.4, 0.5) is 10.2 Å². The smallest absolute Gasteiger partial charge is 0.152 e. The quantitative estimate of drug-likeness (QED) is 0.783. The van der Waals surface area contributed by atoms with Crippen LogP contribution in [0.5, 0.6) is 0 Å². The highest BCUT2D eigenvalue weighted by Crippen LogP contribution is 2.21. The number of benzene rings is 1. The minimum absolute atomic E-state index is 0.0363. The number of nitrogens with zero attached hydrogens (tertiary/aromatic N) is 3. The van der Waals surface area contributed by atoms with E-state index in [0.29, 0.717) is 0 Å². The summed E-state index contributed by atoms with van der Waals surface area (Å²) in [5.74, 6) is 0.531. The van der Waals surface area contributed by atoms with Gasteiger partial charge in [-0.2, -0.15) is 5.10 Å². The molecule has 0 spiro atoms. The van der Waals surface area contributed by atoms with E-state index in [9.17, 15) is 4.39 Å². The minimum atomic E-state index is -0.230. The number of halogens is 1. The summed E-state index contributed by atoms with van der Waals surface area (Å²) < 4.78 is 14.7. The van der Waals surface area contributed by atoms with Gasteiger partial charge in [0.15, 0.2) is 5.82 Å². The molecule has 3 aromatic rings. The lowest BCUT2D eigenvalue weighted by Gasteiger charge is -2.15. The van der Waals surface area contributed by atoms with E-state index in [0.717, 1.165) is 16.9 Å². The highest BCUT2D eigenvalue weighted by molar-refractivity contribution is 5.67. The van der Waals surface area contributed by atoms with Crippen molar-refractivity contribution in [2.24, 2.45) is 0 Å². The van der Waals surface area contributed by atoms with E-state index in [-0.39, 0.29) is 11.9 Å². The van der Waals surface area contributed by atoms with Crippen LogP contribution < -0.4 is 5.32 Å². The van der Waals surface area contributed by atoms with E-state index in [4.69, 9.17) is 0 Å². The van der Waals surface area contributed by atoms with Gasteiger partial charge < -0.3 is 5.32 Å². The Morgan fingerprint density at radius 2 is 1.95 bits per heavy atom. The van der Waals surface area contributed by atoms with Crippen LogP contribution in [0.15, 0.2) is 48.9 Å². The summed E-state index contributed by atoms with van der Waals surface area (Å²) in [6.45, 7) is 2.01. The van der Waals surface area contributed by atoms with Gasteiger partial charge in [-0.3, -0.25) is 0 Å². The molecule has 0 saturated carbocycles. The lowest BCUT2D eigenvalue weighted by Crippen LogP contribution is -2.09. The van der Waals surface area contributed by atoms with Gasteiger partial charge >= 0.3 is 0 Å². The fourth-order valence-electron chi connectivity index (χ4n) is 2.01. The normalized spacial score (nSPS) is 12.5. The summed E-state index contributed by atoms with van der Waals surface area (Å²) in [6.07, 6.45) is 5.22. The van der Waals surface area contributed by atoms with Crippen molar-refractivity contribution in [3.8, 4) is 0 Å². The maximum atomic E-state index is 12.9. The predicted octanol–water partition coefficient (Wildman–Crippen LogP) is 3.04. The maximum absolute atomic E-state index is 12.9. The molecule has 4 nitrogen and oxygen atoms in total. The number of fused-ring (bicyclic) bond motifs is 1. The Kier molecular flexibility index (Phi) is 2.87. The van der Waals surface area contributed by atoms with E-state index in [2.05, 4.69) is 15.4 Å². The fourth-order valence-corrected chi connectivity index (χ4v) is 2.01. The summed E-state index contributed by atoms with van der Waals surface area (Å²) in [4.78, 5) is 4.32. The van der Waals surface area contributed by atoms with Gasteiger partial charge in [-0.05, 0) is 30.7 Å². The zero-order valence-electron chi connectivity index (χ0n) is 10.4. The first-order valence-electron chi connectivity index (χ1n) is 6.04. The molecule has 2 heterocycles. The molecule has 0 aliphatic heterocycles. The molecule has 5 heteroatoms. The third-order valence-electron chi connectivity index (χ3n) is 3.05. The van der Waals surface area contributed by atoms with Gasteiger partial charge in [0.1, 0.15) is 11.3 Å². The Morgan fingerprint density at radius 1 is 1.16 bits per heavy atom. The Labute approximate surface area is 109 Å². The van der Waals surface area contributed by atoms with Gasteiger partial charge in [-0.15, -0.1) is 0 Å². The molecule has 1 aromatic carbocycles. The third kappa shape index (κ3) is 2.27. The van der Waals surface area contributed by atoms with E-state index < -0.39 is 0 Å². The van der Waals surface area contributed by atoms with E-state index in [1.807, 2.05) is 13.0 Å². The lowest BCUT2D eigenvalue weighted by molar-refractivity contribution is 0.626. The molecule has 1 N–H and O–H groups in total. The molecule has 0 saturated heterocycles. The summed E-state index contributed by atoms with van der Waals surface area (Å²) in [7, 11) is 0. The Bertz CT molecular complexity index is 690. The van der Waals surface area contributed by atoms with Crippen molar-refractivity contribution in [3.63, 3.8) is 0 Å². The van der Waals surface area contributed by atoms with Crippen molar-refractivity contribution in [1.82, 2.24) is 14.6 Å². The first-order chi connectivity index (χ1) is 9.24. The van der Waals surface area contributed by atoms with Crippen molar-refractivity contribution >= 4 is 11.3 Å². The topological polar surface area (TPSA) is 42.2 Å². The first-order valence-corrected chi connectivity index (χ1v) is 6.04. The molecule has 0 fully saturated rings. The monoisotopic (exact) mass is 256 g/mol. The molecule has 19 heavy (non-hydrogen) atoms. The molecule has 96 valence electrons. The number of nitrogens with one attached hydrogen (secondary N) is 1. The number of anilines is 1. The molecule has 3 rings (SSSR count). The average molecular weight is 256 g/mol. The summed E-state index contributed by atoms with van der Waals surface area (Å²) in [6, 6.07) is 8.38. The Hall–Kier alpha value is -2.43. The molecular formula is C14H13FN4. The zero-order chi connectivity index (χ0) is 13.2. The number of aromatic nitrogens is 3. The van der Waals surface area contributed by atoms with Crippen LogP contribution in [0.2, 0.25) is 0 Å². The van der Waals surface area contributed by atoms with Gasteiger partial charge in [0.2, 0.25) is 0 Å². The largest absolute Gasteiger partial charge is 0.362 e.